The Balaban J connectivity index is 1.43. The third-order valence-electron chi connectivity index (χ3n) is 4.73. The molecule has 0 saturated carbocycles. The molecule has 2 atom stereocenters. The van der Waals surface area contributed by atoms with Crippen molar-refractivity contribution < 1.29 is 4.18 Å². The number of anilines is 1. The summed E-state index contributed by atoms with van der Waals surface area (Å²) in [4.78, 5) is 7.21. The number of para-hydroxylation sites is 2. The number of hydrogen-bond donors (Lipinski definition) is 1. The van der Waals surface area contributed by atoms with Gasteiger partial charge < -0.3 is 9.50 Å². The molecule has 0 spiro atoms. The zero-order valence-electron chi connectivity index (χ0n) is 13.3. The van der Waals surface area contributed by atoms with Crippen LogP contribution < -0.4 is 5.32 Å². The van der Waals surface area contributed by atoms with E-state index in [-0.39, 0.29) is 6.17 Å². The Morgan fingerprint density at radius 2 is 2.30 bits per heavy atom. The number of benzene rings is 1. The molecule has 23 heavy (non-hydrogen) atoms. The fourth-order valence-corrected chi connectivity index (χ4v) is 3.77. The van der Waals surface area contributed by atoms with E-state index < -0.39 is 0 Å². The minimum atomic E-state index is 0.241. The van der Waals surface area contributed by atoms with Gasteiger partial charge in [-0.2, -0.15) is 0 Å². The van der Waals surface area contributed by atoms with Gasteiger partial charge in [-0.3, -0.25) is 9.47 Å². The van der Waals surface area contributed by atoms with Crippen molar-refractivity contribution in [1.29, 1.82) is 0 Å². The van der Waals surface area contributed by atoms with Crippen LogP contribution in [-0.2, 0) is 4.18 Å². The third-order valence-corrected chi connectivity index (χ3v) is 5.13. The van der Waals surface area contributed by atoms with Crippen molar-refractivity contribution in [3.05, 3.63) is 30.3 Å². The van der Waals surface area contributed by atoms with Crippen molar-refractivity contribution in [3.8, 4) is 0 Å². The van der Waals surface area contributed by atoms with Crippen LogP contribution in [0, 0.1) is 5.92 Å². The van der Waals surface area contributed by atoms with E-state index in [1.54, 1.807) is 0 Å². The molecule has 0 aliphatic carbocycles. The lowest BCUT2D eigenvalue weighted by Gasteiger charge is -2.29. The Morgan fingerprint density at radius 3 is 3.22 bits per heavy atom. The van der Waals surface area contributed by atoms with Crippen molar-refractivity contribution in [2.45, 2.75) is 19.0 Å². The number of imidazole rings is 1. The van der Waals surface area contributed by atoms with E-state index in [0.717, 1.165) is 49.0 Å². The van der Waals surface area contributed by atoms with Gasteiger partial charge in [0.1, 0.15) is 6.17 Å². The van der Waals surface area contributed by atoms with Crippen LogP contribution in [0.25, 0.3) is 17.2 Å². The molecule has 1 N–H and O–H groups in total. The largest absolute Gasteiger partial charge is 0.336 e. The van der Waals surface area contributed by atoms with Crippen LogP contribution in [0.1, 0.15) is 12.8 Å². The standard InChI is InChI=1S/C17H22N4OS/c1-23-22-11-8-13-6-9-20(12-13)16-7-10-21-15-5-3-2-4-14(15)18-17(21)19-16/h2-5,7,10,13,16H,6,8-9,11-12H2,1H3,(H,18,19). The van der Waals surface area contributed by atoms with Gasteiger partial charge in [-0.25, -0.2) is 4.98 Å². The van der Waals surface area contributed by atoms with Gasteiger partial charge in [0.2, 0.25) is 5.95 Å². The molecule has 1 aromatic carbocycles. The molecule has 2 aliphatic rings. The van der Waals surface area contributed by atoms with Crippen molar-refractivity contribution in [3.63, 3.8) is 0 Å². The summed E-state index contributed by atoms with van der Waals surface area (Å²) in [5.41, 5.74) is 2.19. The van der Waals surface area contributed by atoms with Crippen LogP contribution in [0.15, 0.2) is 30.3 Å². The van der Waals surface area contributed by atoms with E-state index in [4.69, 9.17) is 9.17 Å². The first-order valence-corrected chi connectivity index (χ1v) is 9.31. The van der Waals surface area contributed by atoms with E-state index >= 15 is 0 Å². The highest BCUT2D eigenvalue weighted by atomic mass is 32.2. The average molecular weight is 330 g/mol. The van der Waals surface area contributed by atoms with Crippen LogP contribution in [-0.4, -0.2) is 46.6 Å². The van der Waals surface area contributed by atoms with Gasteiger partial charge in [0.15, 0.2) is 0 Å². The molecular weight excluding hydrogens is 308 g/mol. The molecule has 122 valence electrons. The molecule has 6 heteroatoms. The van der Waals surface area contributed by atoms with Gasteiger partial charge in [-0.1, -0.05) is 12.1 Å². The SMILES string of the molecule is CSOCCC1CCN(C2C=Cn3c(nc4ccccc43)N2)C1. The lowest BCUT2D eigenvalue weighted by molar-refractivity contribution is 0.273. The zero-order chi connectivity index (χ0) is 15.6. The molecule has 2 unspecified atom stereocenters. The molecule has 1 fully saturated rings. The summed E-state index contributed by atoms with van der Waals surface area (Å²) >= 11 is 1.46. The van der Waals surface area contributed by atoms with Gasteiger partial charge in [0, 0.05) is 25.5 Å². The predicted molar refractivity (Wildman–Crippen MR) is 96.2 cm³/mol. The first-order chi connectivity index (χ1) is 11.3. The summed E-state index contributed by atoms with van der Waals surface area (Å²) in [5.74, 6) is 1.67. The molecular formula is C17H22N4OS. The quantitative estimate of drug-likeness (QED) is 0.673. The van der Waals surface area contributed by atoms with Gasteiger partial charge in [-0.05, 0) is 49.0 Å². The van der Waals surface area contributed by atoms with Crippen LogP contribution in [0.5, 0.6) is 0 Å². The maximum atomic E-state index is 5.41. The van der Waals surface area contributed by atoms with E-state index in [2.05, 4.69) is 45.3 Å². The molecule has 2 aliphatic heterocycles. The summed E-state index contributed by atoms with van der Waals surface area (Å²) in [6, 6.07) is 8.25. The number of fused-ring (bicyclic) bond motifs is 3. The normalized spacial score (nSPS) is 24.0. The van der Waals surface area contributed by atoms with Crippen molar-refractivity contribution in [1.82, 2.24) is 14.5 Å². The topological polar surface area (TPSA) is 42.3 Å². The van der Waals surface area contributed by atoms with Gasteiger partial charge in [-0.15, -0.1) is 0 Å². The second kappa shape index (κ2) is 6.55. The van der Waals surface area contributed by atoms with Crippen LogP contribution >= 0.6 is 12.0 Å². The maximum Gasteiger partial charge on any atom is 0.209 e. The van der Waals surface area contributed by atoms with Crippen LogP contribution in [0.2, 0.25) is 0 Å². The molecule has 2 aromatic rings. The van der Waals surface area contributed by atoms with Crippen LogP contribution in [0.4, 0.5) is 5.95 Å². The molecule has 0 amide bonds. The Labute approximate surface area is 140 Å². The summed E-state index contributed by atoms with van der Waals surface area (Å²) in [6.45, 7) is 3.11. The molecule has 5 nitrogen and oxygen atoms in total. The summed E-state index contributed by atoms with van der Waals surface area (Å²) in [6.07, 6.45) is 9.00. The summed E-state index contributed by atoms with van der Waals surface area (Å²) in [5, 5.41) is 3.57. The lowest BCUT2D eigenvalue weighted by atomic mass is 10.1. The predicted octanol–water partition coefficient (Wildman–Crippen LogP) is 3.27. The second-order valence-corrected chi connectivity index (χ2v) is 6.72. The number of nitrogens with one attached hydrogen (secondary N) is 1. The molecule has 0 bridgehead atoms. The summed E-state index contributed by atoms with van der Waals surface area (Å²) in [7, 11) is 0. The monoisotopic (exact) mass is 330 g/mol. The Kier molecular flexibility index (Phi) is 4.29. The average Bonchev–Trinajstić information content (AvgIpc) is 3.18. The highest BCUT2D eigenvalue weighted by Gasteiger charge is 2.29. The fraction of sp³-hybridized carbons (Fsp3) is 0.471. The van der Waals surface area contributed by atoms with Crippen molar-refractivity contribution in [2.24, 2.45) is 5.92 Å². The van der Waals surface area contributed by atoms with Gasteiger partial charge >= 0.3 is 0 Å². The Bertz CT molecular complexity index is 714. The maximum absolute atomic E-state index is 5.41. The minimum Gasteiger partial charge on any atom is -0.336 e. The van der Waals surface area contributed by atoms with E-state index in [1.165, 1.54) is 18.5 Å². The molecule has 1 aromatic heterocycles. The first-order valence-electron chi connectivity index (χ1n) is 8.16. The highest BCUT2D eigenvalue weighted by molar-refractivity contribution is 7.93. The number of likely N-dealkylation sites (tertiary alicyclic amines) is 1. The molecule has 0 radical (unpaired) electrons. The van der Waals surface area contributed by atoms with Crippen molar-refractivity contribution in [2.75, 3.05) is 31.3 Å². The Hall–Kier alpha value is -1.50. The number of rotatable bonds is 5. The van der Waals surface area contributed by atoms with E-state index in [1.807, 2.05) is 12.3 Å². The van der Waals surface area contributed by atoms with Crippen LogP contribution in [0.3, 0.4) is 0 Å². The summed E-state index contributed by atoms with van der Waals surface area (Å²) < 4.78 is 7.54. The molecule has 1 saturated heterocycles. The Morgan fingerprint density at radius 1 is 1.39 bits per heavy atom. The van der Waals surface area contributed by atoms with Gasteiger partial charge in [0.05, 0.1) is 17.6 Å². The zero-order valence-corrected chi connectivity index (χ0v) is 14.1. The second-order valence-electron chi connectivity index (χ2n) is 6.15. The molecule has 4 rings (SSSR count). The smallest absolute Gasteiger partial charge is 0.209 e. The van der Waals surface area contributed by atoms with Gasteiger partial charge in [0.25, 0.3) is 0 Å². The first kappa shape index (κ1) is 15.1. The number of hydrogen-bond acceptors (Lipinski definition) is 5. The number of aromatic nitrogens is 2. The number of nitrogens with zero attached hydrogens (tertiary/aromatic N) is 3. The van der Waals surface area contributed by atoms with Crippen molar-refractivity contribution >= 4 is 35.2 Å². The minimum absolute atomic E-state index is 0.241. The van der Waals surface area contributed by atoms with E-state index in [9.17, 15) is 0 Å². The molecule has 3 heterocycles. The highest BCUT2D eigenvalue weighted by Crippen LogP contribution is 2.28. The third kappa shape index (κ3) is 2.98. The lowest BCUT2D eigenvalue weighted by Crippen LogP contribution is -2.40. The fourth-order valence-electron chi connectivity index (χ4n) is 3.51. The van der Waals surface area contributed by atoms with E-state index in [0.29, 0.717) is 0 Å².